The molecule has 0 unspecified atom stereocenters. The summed E-state index contributed by atoms with van der Waals surface area (Å²) in [6.07, 6.45) is 3.15. The highest BCUT2D eigenvalue weighted by atomic mass is 16.5. The van der Waals surface area contributed by atoms with Crippen LogP contribution in [0.4, 0.5) is 0 Å². The number of benzene rings is 1. The van der Waals surface area contributed by atoms with Crippen LogP contribution in [0.25, 0.3) is 0 Å². The number of rotatable bonds is 6. The van der Waals surface area contributed by atoms with Crippen LogP contribution in [0.1, 0.15) is 56.6 Å². The van der Waals surface area contributed by atoms with Gasteiger partial charge in [-0.3, -0.25) is 4.79 Å². The fraction of sp³-hybridized carbons (Fsp3) is 0.632. The zero-order valence-electron chi connectivity index (χ0n) is 14.7. The highest BCUT2D eigenvalue weighted by Crippen LogP contribution is 2.27. The summed E-state index contributed by atoms with van der Waals surface area (Å²) in [5, 5.41) is 0. The van der Waals surface area contributed by atoms with Crippen molar-refractivity contribution in [2.75, 3.05) is 19.7 Å². The van der Waals surface area contributed by atoms with E-state index in [9.17, 15) is 4.79 Å². The van der Waals surface area contributed by atoms with Crippen molar-refractivity contribution in [3.8, 4) is 5.75 Å². The van der Waals surface area contributed by atoms with Crippen molar-refractivity contribution >= 4 is 5.91 Å². The molecule has 128 valence electrons. The zero-order valence-corrected chi connectivity index (χ0v) is 14.7. The molecule has 4 nitrogen and oxygen atoms in total. The second-order valence-electron chi connectivity index (χ2n) is 6.87. The molecule has 1 aromatic carbocycles. The van der Waals surface area contributed by atoms with E-state index in [1.165, 1.54) is 11.1 Å². The SMILES string of the molecule is Cc1ccc(C(C)C)c(OCCCC(=O)N2CCC(N)CC2)c1. The van der Waals surface area contributed by atoms with Gasteiger partial charge in [-0.25, -0.2) is 0 Å². The predicted octanol–water partition coefficient (Wildman–Crippen LogP) is 3.23. The van der Waals surface area contributed by atoms with Crippen LogP contribution < -0.4 is 10.5 Å². The smallest absolute Gasteiger partial charge is 0.222 e. The topological polar surface area (TPSA) is 55.6 Å². The summed E-state index contributed by atoms with van der Waals surface area (Å²) in [6, 6.07) is 6.60. The Morgan fingerprint density at radius 3 is 2.70 bits per heavy atom. The quantitative estimate of drug-likeness (QED) is 0.819. The predicted molar refractivity (Wildman–Crippen MR) is 93.8 cm³/mol. The molecule has 1 fully saturated rings. The van der Waals surface area contributed by atoms with Gasteiger partial charge < -0.3 is 15.4 Å². The number of nitrogens with two attached hydrogens (primary N) is 1. The first-order chi connectivity index (χ1) is 11.0. The summed E-state index contributed by atoms with van der Waals surface area (Å²) in [5.74, 6) is 1.62. The first kappa shape index (κ1) is 17.8. The lowest BCUT2D eigenvalue weighted by molar-refractivity contribution is -0.132. The number of ether oxygens (including phenoxy) is 1. The van der Waals surface area contributed by atoms with E-state index in [2.05, 4.69) is 39.0 Å². The molecule has 1 saturated heterocycles. The van der Waals surface area contributed by atoms with Gasteiger partial charge >= 0.3 is 0 Å². The third-order valence-electron chi connectivity index (χ3n) is 4.48. The number of carbonyl (C=O) groups is 1. The number of piperidine rings is 1. The van der Waals surface area contributed by atoms with Crippen LogP contribution in [0.5, 0.6) is 5.75 Å². The molecule has 1 amide bonds. The molecule has 0 aromatic heterocycles. The summed E-state index contributed by atoms with van der Waals surface area (Å²) < 4.78 is 5.94. The van der Waals surface area contributed by atoms with Crippen LogP contribution in [0.15, 0.2) is 18.2 Å². The van der Waals surface area contributed by atoms with E-state index in [1.54, 1.807) is 0 Å². The maximum Gasteiger partial charge on any atom is 0.222 e. The molecule has 2 rings (SSSR count). The van der Waals surface area contributed by atoms with Crippen molar-refractivity contribution in [3.05, 3.63) is 29.3 Å². The van der Waals surface area contributed by atoms with Gasteiger partial charge in [0.2, 0.25) is 5.91 Å². The van der Waals surface area contributed by atoms with Crippen LogP contribution in [-0.2, 0) is 4.79 Å². The molecule has 0 bridgehead atoms. The minimum Gasteiger partial charge on any atom is -0.493 e. The lowest BCUT2D eigenvalue weighted by atomic mass is 10.0. The Morgan fingerprint density at radius 1 is 1.35 bits per heavy atom. The van der Waals surface area contributed by atoms with E-state index in [-0.39, 0.29) is 11.9 Å². The van der Waals surface area contributed by atoms with Crippen LogP contribution in [0, 0.1) is 6.92 Å². The van der Waals surface area contributed by atoms with E-state index in [0.717, 1.165) is 38.1 Å². The van der Waals surface area contributed by atoms with Crippen molar-refractivity contribution in [1.29, 1.82) is 0 Å². The molecule has 2 N–H and O–H groups in total. The average Bonchev–Trinajstić information content (AvgIpc) is 2.51. The Labute approximate surface area is 140 Å². The van der Waals surface area contributed by atoms with Crippen molar-refractivity contribution in [3.63, 3.8) is 0 Å². The number of amides is 1. The number of hydrogen-bond acceptors (Lipinski definition) is 3. The maximum atomic E-state index is 12.2. The Kier molecular flexibility index (Phi) is 6.46. The van der Waals surface area contributed by atoms with Crippen molar-refractivity contribution in [1.82, 2.24) is 4.90 Å². The first-order valence-corrected chi connectivity index (χ1v) is 8.74. The van der Waals surface area contributed by atoms with E-state index >= 15 is 0 Å². The first-order valence-electron chi connectivity index (χ1n) is 8.74. The monoisotopic (exact) mass is 318 g/mol. The molecule has 4 heteroatoms. The number of nitrogens with zero attached hydrogens (tertiary/aromatic N) is 1. The Hall–Kier alpha value is -1.55. The van der Waals surface area contributed by atoms with Crippen molar-refractivity contribution in [2.24, 2.45) is 5.73 Å². The van der Waals surface area contributed by atoms with Gasteiger partial charge in [0.15, 0.2) is 0 Å². The van der Waals surface area contributed by atoms with Crippen LogP contribution in [0.2, 0.25) is 0 Å². The molecular formula is C19H30N2O2. The lowest BCUT2D eigenvalue weighted by Gasteiger charge is -2.30. The molecule has 0 aliphatic carbocycles. The van der Waals surface area contributed by atoms with E-state index in [4.69, 9.17) is 10.5 Å². The molecular weight excluding hydrogens is 288 g/mol. The highest BCUT2D eigenvalue weighted by molar-refractivity contribution is 5.76. The van der Waals surface area contributed by atoms with Gasteiger partial charge in [-0.1, -0.05) is 26.0 Å². The molecule has 0 saturated carbocycles. The standard InChI is InChI=1S/C19H30N2O2/c1-14(2)17-7-6-15(3)13-18(17)23-12-4-5-19(22)21-10-8-16(20)9-11-21/h6-7,13-14,16H,4-5,8-12,20H2,1-3H3. The number of carbonyl (C=O) groups excluding carboxylic acids is 1. The van der Waals surface area contributed by atoms with E-state index in [0.29, 0.717) is 18.9 Å². The third-order valence-corrected chi connectivity index (χ3v) is 4.48. The maximum absolute atomic E-state index is 12.2. The molecule has 1 aliphatic heterocycles. The Balaban J connectivity index is 1.77. The molecule has 0 atom stereocenters. The summed E-state index contributed by atoms with van der Waals surface area (Å²) >= 11 is 0. The van der Waals surface area contributed by atoms with E-state index < -0.39 is 0 Å². The van der Waals surface area contributed by atoms with Gasteiger partial charge in [0.1, 0.15) is 5.75 Å². The van der Waals surface area contributed by atoms with Gasteiger partial charge in [0, 0.05) is 25.6 Å². The molecule has 0 spiro atoms. The van der Waals surface area contributed by atoms with Crippen molar-refractivity contribution in [2.45, 2.75) is 58.4 Å². The van der Waals surface area contributed by atoms with Gasteiger partial charge in [-0.2, -0.15) is 0 Å². The second kappa shape index (κ2) is 8.34. The molecule has 0 radical (unpaired) electrons. The van der Waals surface area contributed by atoms with Gasteiger partial charge in [-0.05, 0) is 49.3 Å². The largest absolute Gasteiger partial charge is 0.493 e. The Bertz CT molecular complexity index is 520. The third kappa shape index (κ3) is 5.24. The molecule has 1 heterocycles. The van der Waals surface area contributed by atoms with Gasteiger partial charge in [0.05, 0.1) is 6.61 Å². The fourth-order valence-electron chi connectivity index (χ4n) is 2.96. The van der Waals surface area contributed by atoms with Crippen LogP contribution in [-0.4, -0.2) is 36.5 Å². The second-order valence-corrected chi connectivity index (χ2v) is 6.87. The zero-order chi connectivity index (χ0) is 16.8. The van der Waals surface area contributed by atoms with Gasteiger partial charge in [0.25, 0.3) is 0 Å². The summed E-state index contributed by atoms with van der Waals surface area (Å²) in [6.45, 7) is 8.60. The van der Waals surface area contributed by atoms with E-state index in [1.807, 2.05) is 4.90 Å². The average molecular weight is 318 g/mol. The lowest BCUT2D eigenvalue weighted by Crippen LogP contribution is -2.42. The summed E-state index contributed by atoms with van der Waals surface area (Å²) in [5.41, 5.74) is 8.30. The minimum absolute atomic E-state index is 0.230. The number of aryl methyl sites for hydroxylation is 1. The van der Waals surface area contributed by atoms with Gasteiger partial charge in [-0.15, -0.1) is 0 Å². The van der Waals surface area contributed by atoms with Crippen LogP contribution in [0.3, 0.4) is 0 Å². The summed E-state index contributed by atoms with van der Waals surface area (Å²) in [7, 11) is 0. The Morgan fingerprint density at radius 2 is 2.04 bits per heavy atom. The van der Waals surface area contributed by atoms with Crippen molar-refractivity contribution < 1.29 is 9.53 Å². The normalized spacial score (nSPS) is 16.0. The highest BCUT2D eigenvalue weighted by Gasteiger charge is 2.20. The van der Waals surface area contributed by atoms with Crippen LogP contribution >= 0.6 is 0 Å². The molecule has 1 aromatic rings. The summed E-state index contributed by atoms with van der Waals surface area (Å²) in [4.78, 5) is 14.1. The molecule has 1 aliphatic rings. The molecule has 23 heavy (non-hydrogen) atoms. The fourth-order valence-corrected chi connectivity index (χ4v) is 2.96. The number of likely N-dealkylation sites (tertiary alicyclic amines) is 1. The minimum atomic E-state index is 0.230. The number of hydrogen-bond donors (Lipinski definition) is 1.